The molecule has 9 heteroatoms. The van der Waals surface area contributed by atoms with E-state index in [9.17, 15) is 23.3 Å². The third-order valence-electron chi connectivity index (χ3n) is 2.50. The van der Waals surface area contributed by atoms with Gasteiger partial charge in [0.1, 0.15) is 10.6 Å². The molecule has 0 radical (unpaired) electrons. The van der Waals surface area contributed by atoms with Crippen molar-refractivity contribution in [1.29, 1.82) is 0 Å². The number of hydrogen-bond acceptors (Lipinski definition) is 6. The highest BCUT2D eigenvalue weighted by molar-refractivity contribution is 7.90. The Morgan fingerprint density at radius 3 is 2.60 bits per heavy atom. The van der Waals surface area contributed by atoms with E-state index in [-0.39, 0.29) is 23.5 Å². The van der Waals surface area contributed by atoms with E-state index in [4.69, 9.17) is 5.73 Å². The van der Waals surface area contributed by atoms with Crippen molar-refractivity contribution in [3.05, 3.63) is 28.3 Å². The summed E-state index contributed by atoms with van der Waals surface area (Å²) in [4.78, 5) is 20.5. The molecule has 0 saturated carbocycles. The quantitative estimate of drug-likeness (QED) is 0.432. The maximum atomic E-state index is 11.5. The Balaban J connectivity index is 3.02. The summed E-state index contributed by atoms with van der Waals surface area (Å²) in [5.74, 6) is -0.466. The van der Waals surface area contributed by atoms with Gasteiger partial charge in [0.2, 0.25) is 5.91 Å². The van der Waals surface area contributed by atoms with E-state index in [1.54, 1.807) is 0 Å². The first-order valence-electron chi connectivity index (χ1n) is 5.73. The lowest BCUT2D eigenvalue weighted by Crippen LogP contribution is -2.13. The predicted octanol–water partition coefficient (Wildman–Crippen LogP) is 0.676. The van der Waals surface area contributed by atoms with E-state index >= 15 is 0 Å². The van der Waals surface area contributed by atoms with E-state index in [2.05, 4.69) is 5.32 Å². The molecule has 0 fully saturated rings. The van der Waals surface area contributed by atoms with Gasteiger partial charge in [-0.25, -0.2) is 8.42 Å². The van der Waals surface area contributed by atoms with Crippen LogP contribution in [0.2, 0.25) is 0 Å². The van der Waals surface area contributed by atoms with Crippen molar-refractivity contribution in [2.45, 2.75) is 17.7 Å². The zero-order valence-electron chi connectivity index (χ0n) is 10.8. The van der Waals surface area contributed by atoms with Gasteiger partial charge in [-0.1, -0.05) is 6.07 Å². The van der Waals surface area contributed by atoms with Crippen molar-refractivity contribution >= 4 is 27.1 Å². The fourth-order valence-corrected chi connectivity index (χ4v) is 2.50. The van der Waals surface area contributed by atoms with Crippen LogP contribution in [-0.4, -0.2) is 32.0 Å². The van der Waals surface area contributed by atoms with Gasteiger partial charge in [0.15, 0.2) is 9.84 Å². The minimum absolute atomic E-state index is 0.0994. The standard InChI is InChI=1S/C11H15N3O5S/c1-20(18,19)9-5-2-4-8(11(9)14(16)17)13-7-3-6-10(12)15/h2,4-5,13H,3,6-7H2,1H3,(H2,12,15). The molecule has 0 atom stereocenters. The van der Waals surface area contributed by atoms with Crippen LogP contribution in [0.1, 0.15) is 12.8 Å². The number of nitrogens with two attached hydrogens (primary N) is 1. The van der Waals surface area contributed by atoms with Crippen LogP contribution in [0.5, 0.6) is 0 Å². The first-order valence-corrected chi connectivity index (χ1v) is 7.62. The number of para-hydroxylation sites is 1. The summed E-state index contributed by atoms with van der Waals surface area (Å²) in [7, 11) is -3.70. The van der Waals surface area contributed by atoms with Gasteiger partial charge in [-0.15, -0.1) is 0 Å². The lowest BCUT2D eigenvalue weighted by molar-refractivity contribution is -0.386. The Hall–Kier alpha value is -2.16. The summed E-state index contributed by atoms with van der Waals surface area (Å²) in [6.07, 6.45) is 1.45. The maximum absolute atomic E-state index is 11.5. The van der Waals surface area contributed by atoms with Crippen LogP contribution in [0.15, 0.2) is 23.1 Å². The molecule has 110 valence electrons. The molecule has 1 rings (SSSR count). The number of rotatable bonds is 7. The smallest absolute Gasteiger partial charge is 0.310 e. The monoisotopic (exact) mass is 301 g/mol. The fraction of sp³-hybridized carbons (Fsp3) is 0.364. The van der Waals surface area contributed by atoms with E-state index in [0.717, 1.165) is 6.26 Å². The molecule has 1 aromatic rings. The van der Waals surface area contributed by atoms with E-state index in [0.29, 0.717) is 6.42 Å². The minimum Gasteiger partial charge on any atom is -0.379 e. The molecule has 1 amide bonds. The largest absolute Gasteiger partial charge is 0.379 e. The number of benzene rings is 1. The van der Waals surface area contributed by atoms with Crippen molar-refractivity contribution in [1.82, 2.24) is 0 Å². The number of amides is 1. The van der Waals surface area contributed by atoms with Crippen LogP contribution in [0.3, 0.4) is 0 Å². The normalized spacial score (nSPS) is 11.1. The average Bonchev–Trinajstić information content (AvgIpc) is 2.32. The second-order valence-corrected chi connectivity index (χ2v) is 6.16. The van der Waals surface area contributed by atoms with Gasteiger partial charge < -0.3 is 11.1 Å². The number of hydrogen-bond donors (Lipinski definition) is 2. The average molecular weight is 301 g/mol. The number of nitrogens with one attached hydrogen (secondary N) is 1. The SMILES string of the molecule is CS(=O)(=O)c1cccc(NCCCC(N)=O)c1[N+](=O)[O-]. The van der Waals surface area contributed by atoms with Gasteiger partial charge in [0.25, 0.3) is 0 Å². The van der Waals surface area contributed by atoms with Crippen LogP contribution in [0.25, 0.3) is 0 Å². The van der Waals surface area contributed by atoms with Crippen molar-refractivity contribution in [2.75, 3.05) is 18.1 Å². The highest BCUT2D eigenvalue weighted by atomic mass is 32.2. The number of sulfone groups is 1. The molecule has 0 aliphatic heterocycles. The third-order valence-corrected chi connectivity index (χ3v) is 3.62. The van der Waals surface area contributed by atoms with Gasteiger partial charge >= 0.3 is 5.69 Å². The molecule has 0 spiro atoms. The summed E-state index contributed by atoms with van der Waals surface area (Å²) in [6, 6.07) is 4.01. The second-order valence-electron chi connectivity index (χ2n) is 4.18. The van der Waals surface area contributed by atoms with Crippen molar-refractivity contribution in [3.63, 3.8) is 0 Å². The first-order chi connectivity index (χ1) is 9.23. The second kappa shape index (κ2) is 6.33. The lowest BCUT2D eigenvalue weighted by Gasteiger charge is -2.08. The zero-order valence-corrected chi connectivity index (χ0v) is 11.6. The van der Waals surface area contributed by atoms with Crippen molar-refractivity contribution in [3.8, 4) is 0 Å². The van der Waals surface area contributed by atoms with Crippen LogP contribution in [0, 0.1) is 10.1 Å². The molecule has 0 heterocycles. The summed E-state index contributed by atoms with van der Waals surface area (Å²) < 4.78 is 23.1. The number of carbonyl (C=O) groups excluding carboxylic acids is 1. The molecule has 0 unspecified atom stereocenters. The van der Waals surface area contributed by atoms with Crippen molar-refractivity contribution < 1.29 is 18.1 Å². The Bertz CT molecular complexity index is 627. The Morgan fingerprint density at radius 2 is 2.10 bits per heavy atom. The van der Waals surface area contributed by atoms with Gasteiger partial charge in [0, 0.05) is 19.2 Å². The van der Waals surface area contributed by atoms with Gasteiger partial charge in [-0.05, 0) is 18.6 Å². The summed E-state index contributed by atoms with van der Waals surface area (Å²) in [5.41, 5.74) is 4.58. The van der Waals surface area contributed by atoms with Crippen molar-refractivity contribution in [2.24, 2.45) is 5.73 Å². The molecule has 3 N–H and O–H groups in total. The Kier molecular flexibility index (Phi) is 5.03. The lowest BCUT2D eigenvalue weighted by atomic mass is 10.2. The van der Waals surface area contributed by atoms with Gasteiger partial charge in [-0.2, -0.15) is 0 Å². The maximum Gasteiger partial charge on any atom is 0.310 e. The van der Waals surface area contributed by atoms with E-state index in [1.165, 1.54) is 18.2 Å². The number of primary amides is 1. The van der Waals surface area contributed by atoms with Crippen LogP contribution < -0.4 is 11.1 Å². The molecule has 0 bridgehead atoms. The highest BCUT2D eigenvalue weighted by Gasteiger charge is 2.25. The summed E-state index contributed by atoms with van der Waals surface area (Å²) >= 11 is 0. The fourth-order valence-electron chi connectivity index (χ4n) is 1.64. The number of nitro benzene ring substituents is 1. The van der Waals surface area contributed by atoms with Crippen LogP contribution in [-0.2, 0) is 14.6 Å². The zero-order chi connectivity index (χ0) is 15.3. The predicted molar refractivity (Wildman–Crippen MR) is 73.1 cm³/mol. The third kappa shape index (κ3) is 4.19. The first kappa shape index (κ1) is 15.9. The highest BCUT2D eigenvalue weighted by Crippen LogP contribution is 2.31. The van der Waals surface area contributed by atoms with E-state index < -0.39 is 26.4 Å². The molecule has 20 heavy (non-hydrogen) atoms. The molecule has 1 aromatic carbocycles. The number of nitro groups is 1. The van der Waals surface area contributed by atoms with E-state index in [1.807, 2.05) is 0 Å². The van der Waals surface area contributed by atoms with Crippen LogP contribution in [0.4, 0.5) is 11.4 Å². The molecule has 0 aliphatic rings. The molecular formula is C11H15N3O5S. The Morgan fingerprint density at radius 1 is 1.45 bits per heavy atom. The summed E-state index contributed by atoms with van der Waals surface area (Å²) in [5, 5.41) is 13.8. The van der Waals surface area contributed by atoms with Crippen LogP contribution >= 0.6 is 0 Å². The minimum atomic E-state index is -3.70. The van der Waals surface area contributed by atoms with Gasteiger partial charge in [-0.3, -0.25) is 14.9 Å². The molecular weight excluding hydrogens is 286 g/mol. The number of anilines is 1. The summed E-state index contributed by atoms with van der Waals surface area (Å²) in [6.45, 7) is 0.275. The number of nitrogens with zero attached hydrogens (tertiary/aromatic N) is 1. The Labute approximate surface area is 116 Å². The number of carbonyl (C=O) groups is 1. The molecule has 0 aliphatic carbocycles. The molecule has 8 nitrogen and oxygen atoms in total. The van der Waals surface area contributed by atoms with Gasteiger partial charge in [0.05, 0.1) is 4.92 Å². The molecule has 0 saturated heterocycles. The molecule has 0 aromatic heterocycles. The topological polar surface area (TPSA) is 132 Å².